The van der Waals surface area contributed by atoms with E-state index in [9.17, 15) is 14.4 Å². The van der Waals surface area contributed by atoms with Crippen LogP contribution in [0.25, 0.3) is 0 Å². The number of nitrogens with zero attached hydrogens (tertiary/aromatic N) is 1. The monoisotopic (exact) mass is 403 g/mol. The van der Waals surface area contributed by atoms with Crippen molar-refractivity contribution in [3.05, 3.63) is 21.4 Å². The van der Waals surface area contributed by atoms with Gasteiger partial charge in [-0.15, -0.1) is 11.3 Å². The number of hydrogen-bond acceptors (Lipinski definition) is 4. The lowest BCUT2D eigenvalue weighted by atomic mass is 9.72. The minimum Gasteiger partial charge on any atom is -0.322 e. The maximum atomic E-state index is 12.8. The van der Waals surface area contributed by atoms with Crippen molar-refractivity contribution in [3.63, 3.8) is 0 Å². The second-order valence-corrected chi connectivity index (χ2v) is 10.7. The Morgan fingerprint density at radius 3 is 2.64 bits per heavy atom. The molecule has 6 nitrogen and oxygen atoms in total. The maximum absolute atomic E-state index is 12.8. The number of urea groups is 1. The molecule has 1 aliphatic heterocycles. The van der Waals surface area contributed by atoms with Gasteiger partial charge in [-0.05, 0) is 55.1 Å². The number of thiophene rings is 1. The number of carbonyl (C=O) groups excluding carboxylic acids is 3. The van der Waals surface area contributed by atoms with Crippen molar-refractivity contribution in [1.29, 1.82) is 0 Å². The van der Waals surface area contributed by atoms with Crippen molar-refractivity contribution >= 4 is 29.2 Å². The lowest BCUT2D eigenvalue weighted by molar-refractivity contribution is -0.134. The number of nitrogens with one attached hydrogen (secondary N) is 2. The summed E-state index contributed by atoms with van der Waals surface area (Å²) in [5, 5.41) is 3.72. The van der Waals surface area contributed by atoms with E-state index in [0.717, 1.165) is 43.5 Å². The molecule has 1 saturated carbocycles. The standard InChI is InChI=1S/C21H29N3O3S/c1-20(2,3)14-7-8-15-13(11-14)12-16(28-15)17(25)23-24-18(26)21(22-19(24)27)9-5-4-6-10-21/h12,14H,4-11H2,1-3H3,(H,22,27)(H,23,25). The van der Waals surface area contributed by atoms with Crippen LogP contribution in [0.5, 0.6) is 0 Å². The largest absolute Gasteiger partial charge is 0.344 e. The van der Waals surface area contributed by atoms with Crippen molar-refractivity contribution in [1.82, 2.24) is 15.8 Å². The Kier molecular flexibility index (Phi) is 4.76. The van der Waals surface area contributed by atoms with E-state index in [-0.39, 0.29) is 17.2 Å². The van der Waals surface area contributed by atoms with Gasteiger partial charge in [0.2, 0.25) is 0 Å². The Labute approximate surface area is 170 Å². The zero-order valence-electron chi connectivity index (χ0n) is 16.9. The highest BCUT2D eigenvalue weighted by molar-refractivity contribution is 7.14. The molecule has 2 fully saturated rings. The minimum absolute atomic E-state index is 0.246. The smallest absolute Gasteiger partial charge is 0.322 e. The molecule has 2 aliphatic carbocycles. The topological polar surface area (TPSA) is 78.5 Å². The molecule has 1 atom stereocenters. The molecule has 0 radical (unpaired) electrons. The van der Waals surface area contributed by atoms with E-state index in [1.165, 1.54) is 21.8 Å². The van der Waals surface area contributed by atoms with Crippen molar-refractivity contribution in [3.8, 4) is 0 Å². The number of hydrogen-bond donors (Lipinski definition) is 2. The highest BCUT2D eigenvalue weighted by Gasteiger charge is 2.52. The lowest BCUT2D eigenvalue weighted by Crippen LogP contribution is -2.50. The molecule has 28 heavy (non-hydrogen) atoms. The molecule has 3 aliphatic rings. The Morgan fingerprint density at radius 1 is 1.25 bits per heavy atom. The summed E-state index contributed by atoms with van der Waals surface area (Å²) in [7, 11) is 0. The zero-order valence-corrected chi connectivity index (χ0v) is 17.7. The summed E-state index contributed by atoms with van der Waals surface area (Å²) in [6.45, 7) is 6.80. The second kappa shape index (κ2) is 6.87. The highest BCUT2D eigenvalue weighted by atomic mass is 32.1. The van der Waals surface area contributed by atoms with E-state index < -0.39 is 11.6 Å². The van der Waals surface area contributed by atoms with Gasteiger partial charge in [-0.25, -0.2) is 4.79 Å². The van der Waals surface area contributed by atoms with Crippen LogP contribution in [0.3, 0.4) is 0 Å². The number of fused-ring (bicyclic) bond motifs is 1. The molecule has 0 bridgehead atoms. The third kappa shape index (κ3) is 3.34. The SMILES string of the molecule is CC(C)(C)C1CCc2sc(C(=O)NN3C(=O)NC4(CCCCC4)C3=O)cc2C1. The summed E-state index contributed by atoms with van der Waals surface area (Å²) < 4.78 is 0. The van der Waals surface area contributed by atoms with Crippen LogP contribution in [0.15, 0.2) is 6.07 Å². The Bertz CT molecular complexity index is 817. The normalized spacial score (nSPS) is 24.2. The molecule has 4 rings (SSSR count). The molecule has 2 N–H and O–H groups in total. The summed E-state index contributed by atoms with van der Waals surface area (Å²) in [6.07, 6.45) is 7.30. The zero-order chi connectivity index (χ0) is 20.1. The summed E-state index contributed by atoms with van der Waals surface area (Å²) in [4.78, 5) is 39.8. The third-order valence-corrected chi connectivity index (χ3v) is 7.85. The molecule has 4 amide bonds. The average molecular weight is 404 g/mol. The Hall–Kier alpha value is -1.89. The van der Waals surface area contributed by atoms with Crippen LogP contribution < -0.4 is 10.7 Å². The first-order valence-electron chi connectivity index (χ1n) is 10.3. The number of carbonyl (C=O) groups is 3. The first kappa shape index (κ1) is 19.4. The number of rotatable bonds is 2. The summed E-state index contributed by atoms with van der Waals surface area (Å²) in [5.74, 6) is -0.0923. The molecular formula is C21H29N3O3S. The average Bonchev–Trinajstić information content (AvgIpc) is 3.16. The van der Waals surface area contributed by atoms with Gasteiger partial charge < -0.3 is 5.32 Å². The van der Waals surface area contributed by atoms with Crippen LogP contribution in [0.1, 0.15) is 79.4 Å². The molecule has 1 spiro atoms. The van der Waals surface area contributed by atoms with E-state index in [1.807, 2.05) is 6.07 Å². The van der Waals surface area contributed by atoms with E-state index in [4.69, 9.17) is 0 Å². The first-order chi connectivity index (χ1) is 13.2. The van der Waals surface area contributed by atoms with Gasteiger partial charge in [0.25, 0.3) is 11.8 Å². The predicted molar refractivity (Wildman–Crippen MR) is 108 cm³/mol. The summed E-state index contributed by atoms with van der Waals surface area (Å²) in [6, 6.07) is 1.43. The van der Waals surface area contributed by atoms with E-state index in [1.54, 1.807) is 0 Å². The van der Waals surface area contributed by atoms with Crippen molar-refractivity contribution < 1.29 is 14.4 Å². The molecule has 152 valence electrons. The molecule has 7 heteroatoms. The Morgan fingerprint density at radius 2 is 1.96 bits per heavy atom. The van der Waals surface area contributed by atoms with Gasteiger partial charge in [0.15, 0.2) is 0 Å². The Balaban J connectivity index is 1.47. The van der Waals surface area contributed by atoms with Crippen molar-refractivity contribution in [2.75, 3.05) is 0 Å². The third-order valence-electron chi connectivity index (χ3n) is 6.61. The fourth-order valence-electron chi connectivity index (χ4n) is 4.75. The van der Waals surface area contributed by atoms with Crippen LogP contribution in [0.4, 0.5) is 4.79 Å². The van der Waals surface area contributed by atoms with Crippen molar-refractivity contribution in [2.45, 2.75) is 77.7 Å². The van der Waals surface area contributed by atoms with Gasteiger partial charge in [-0.3, -0.25) is 15.0 Å². The fraction of sp³-hybridized carbons (Fsp3) is 0.667. The van der Waals surface area contributed by atoms with Gasteiger partial charge in [-0.1, -0.05) is 40.0 Å². The van der Waals surface area contributed by atoms with E-state index in [2.05, 4.69) is 31.5 Å². The molecule has 1 saturated heterocycles. The molecule has 0 aromatic carbocycles. The number of amides is 4. The molecule has 1 unspecified atom stereocenters. The van der Waals surface area contributed by atoms with Crippen LogP contribution in [-0.4, -0.2) is 28.4 Å². The summed E-state index contributed by atoms with van der Waals surface area (Å²) >= 11 is 1.49. The van der Waals surface area contributed by atoms with Gasteiger partial charge in [0.1, 0.15) is 5.54 Å². The lowest BCUT2D eigenvalue weighted by Gasteiger charge is -2.33. The number of hydrazine groups is 1. The molecule has 1 aromatic rings. The molecule has 2 heterocycles. The molecule has 1 aromatic heterocycles. The fourth-order valence-corrected chi connectivity index (χ4v) is 5.85. The van der Waals surface area contributed by atoms with Crippen LogP contribution in [0.2, 0.25) is 0 Å². The quantitative estimate of drug-likeness (QED) is 0.737. The second-order valence-electron chi connectivity index (χ2n) is 9.52. The molecular weight excluding hydrogens is 374 g/mol. The first-order valence-corrected chi connectivity index (χ1v) is 11.1. The van der Waals surface area contributed by atoms with Crippen LogP contribution in [0, 0.1) is 11.3 Å². The van der Waals surface area contributed by atoms with E-state index >= 15 is 0 Å². The number of aryl methyl sites for hydroxylation is 1. The van der Waals surface area contributed by atoms with Gasteiger partial charge in [0, 0.05) is 4.88 Å². The van der Waals surface area contributed by atoms with Crippen molar-refractivity contribution in [2.24, 2.45) is 11.3 Å². The van der Waals surface area contributed by atoms with Gasteiger partial charge >= 0.3 is 6.03 Å². The van der Waals surface area contributed by atoms with E-state index in [0.29, 0.717) is 23.6 Å². The van der Waals surface area contributed by atoms with Crippen LogP contribution >= 0.6 is 11.3 Å². The van der Waals surface area contributed by atoms with Gasteiger partial charge in [0.05, 0.1) is 4.88 Å². The van der Waals surface area contributed by atoms with Crippen LogP contribution in [-0.2, 0) is 17.6 Å². The number of imide groups is 1. The maximum Gasteiger partial charge on any atom is 0.344 e. The highest BCUT2D eigenvalue weighted by Crippen LogP contribution is 2.40. The predicted octanol–water partition coefficient (Wildman–Crippen LogP) is 3.80. The van der Waals surface area contributed by atoms with Gasteiger partial charge in [-0.2, -0.15) is 5.01 Å². The minimum atomic E-state index is -0.822. The summed E-state index contributed by atoms with van der Waals surface area (Å²) in [5.41, 5.74) is 3.22.